The van der Waals surface area contributed by atoms with E-state index in [0.29, 0.717) is 34.7 Å². The zero-order valence-corrected chi connectivity index (χ0v) is 23.5. The Bertz CT molecular complexity index is 912. The number of hydrogen-bond donors (Lipinski definition) is 1. The maximum absolute atomic E-state index is 11.6. The molecule has 0 aromatic heterocycles. The second kappa shape index (κ2) is 9.66. The van der Waals surface area contributed by atoms with Gasteiger partial charge in [-0.25, -0.2) is 0 Å². The van der Waals surface area contributed by atoms with Crippen LogP contribution in [0.4, 0.5) is 0 Å². The van der Waals surface area contributed by atoms with Crippen molar-refractivity contribution in [1.82, 2.24) is 5.32 Å². The van der Waals surface area contributed by atoms with E-state index in [0.717, 1.165) is 50.0 Å². The third kappa shape index (κ3) is 4.41. The van der Waals surface area contributed by atoms with Gasteiger partial charge >= 0.3 is 5.97 Å². The summed E-state index contributed by atoms with van der Waals surface area (Å²) in [5, 5.41) is 2.96. The Morgan fingerprint density at radius 2 is 1.81 bits per heavy atom. The molecular formula is C31H49NO4. The summed E-state index contributed by atoms with van der Waals surface area (Å²) in [6, 6.07) is 0. The van der Waals surface area contributed by atoms with Crippen molar-refractivity contribution in [3.05, 3.63) is 11.3 Å². The average Bonchev–Trinajstić information content (AvgIpc) is 3.29. The molecule has 5 nitrogen and oxygen atoms in total. The van der Waals surface area contributed by atoms with Gasteiger partial charge in [-0.2, -0.15) is 0 Å². The Morgan fingerprint density at radius 1 is 1.06 bits per heavy atom. The van der Waals surface area contributed by atoms with Gasteiger partial charge in [0.05, 0.1) is 5.76 Å². The predicted molar refractivity (Wildman–Crippen MR) is 141 cm³/mol. The van der Waals surface area contributed by atoms with E-state index in [9.17, 15) is 9.59 Å². The molecule has 0 aromatic carbocycles. The molecule has 4 fully saturated rings. The van der Waals surface area contributed by atoms with Crippen LogP contribution in [0.2, 0.25) is 0 Å². The Morgan fingerprint density at radius 3 is 2.53 bits per heavy atom. The first-order valence-electron chi connectivity index (χ1n) is 14.8. The third-order valence-electron chi connectivity index (χ3n) is 11.7. The zero-order chi connectivity index (χ0) is 25.8. The molecule has 5 aliphatic rings. The number of nitrogens with one attached hydrogen (secondary N) is 1. The molecule has 0 spiro atoms. The lowest BCUT2D eigenvalue weighted by atomic mass is 9.44. The van der Waals surface area contributed by atoms with Crippen LogP contribution in [-0.4, -0.2) is 30.6 Å². The van der Waals surface area contributed by atoms with Crippen LogP contribution in [0.5, 0.6) is 0 Å². The van der Waals surface area contributed by atoms with Gasteiger partial charge in [-0.1, -0.05) is 20.8 Å². The number of rotatable bonds is 6. The summed E-state index contributed by atoms with van der Waals surface area (Å²) in [5.74, 6) is 5.32. The van der Waals surface area contributed by atoms with Crippen LogP contribution in [0.15, 0.2) is 11.3 Å². The molecule has 1 aliphatic heterocycles. The molecular weight excluding hydrogens is 450 g/mol. The van der Waals surface area contributed by atoms with Crippen LogP contribution in [0.3, 0.4) is 0 Å². The maximum atomic E-state index is 11.6. The highest BCUT2D eigenvalue weighted by Gasteiger charge is 2.64. The van der Waals surface area contributed by atoms with Crippen molar-refractivity contribution in [3.8, 4) is 0 Å². The SMILES string of the molecule is CC(=O)NC[C@@H](C)CCC1=C(C)[C@H]2[C@H](C[C@H]3[C@@H]4CC[C@H]5C[C@@H](OC(C)=O)CC[C@]5(C)[C@H]4CC[C@@]32C)O1. The second-order valence-electron chi connectivity index (χ2n) is 13.8. The molecule has 0 aromatic rings. The minimum atomic E-state index is -0.117. The van der Waals surface area contributed by atoms with E-state index in [1.807, 2.05) is 0 Å². The smallest absolute Gasteiger partial charge is 0.302 e. The average molecular weight is 500 g/mol. The third-order valence-corrected chi connectivity index (χ3v) is 11.7. The van der Waals surface area contributed by atoms with Gasteiger partial charge < -0.3 is 14.8 Å². The van der Waals surface area contributed by atoms with Gasteiger partial charge in [0.25, 0.3) is 0 Å². The number of carbonyl (C=O) groups is 2. The molecule has 1 heterocycles. The lowest BCUT2D eigenvalue weighted by molar-refractivity contribution is -0.159. The number of ether oxygens (including phenoxy) is 2. The van der Waals surface area contributed by atoms with Crippen LogP contribution in [0, 0.1) is 46.3 Å². The Balaban J connectivity index is 1.26. The van der Waals surface area contributed by atoms with Crippen molar-refractivity contribution in [2.24, 2.45) is 46.3 Å². The molecule has 4 saturated carbocycles. The molecule has 5 rings (SSSR count). The normalized spacial score (nSPS) is 44.0. The summed E-state index contributed by atoms with van der Waals surface area (Å²) in [7, 11) is 0. The summed E-state index contributed by atoms with van der Waals surface area (Å²) < 4.78 is 12.4. The van der Waals surface area contributed by atoms with E-state index in [2.05, 4.69) is 33.0 Å². The predicted octanol–water partition coefficient (Wildman–Crippen LogP) is 6.41. The first-order valence-corrected chi connectivity index (χ1v) is 14.8. The molecule has 5 heteroatoms. The zero-order valence-electron chi connectivity index (χ0n) is 23.5. The minimum absolute atomic E-state index is 0.0544. The second-order valence-corrected chi connectivity index (χ2v) is 13.8. The number of amides is 1. The summed E-state index contributed by atoms with van der Waals surface area (Å²) in [6.45, 7) is 13.6. The fourth-order valence-electron chi connectivity index (χ4n) is 9.94. The maximum Gasteiger partial charge on any atom is 0.302 e. The molecule has 36 heavy (non-hydrogen) atoms. The largest absolute Gasteiger partial charge is 0.494 e. The molecule has 1 N–H and O–H groups in total. The molecule has 0 radical (unpaired) electrons. The standard InChI is InChI=1S/C31H49NO4/c1-18(17-32-20(3)33)7-10-27-19(2)29-28(36-27)16-26-24-9-8-22-15-23(35-21(4)34)11-13-30(22,5)25(24)12-14-31(26,29)6/h18,22-26,28-29H,7-17H2,1-6H3,(H,32,33)/t18-,22-,23-,24+,25-,26-,28-,29-,30-,31-/m0/s1. The van der Waals surface area contributed by atoms with Crippen molar-refractivity contribution in [3.63, 3.8) is 0 Å². The van der Waals surface area contributed by atoms with Gasteiger partial charge in [-0.3, -0.25) is 9.59 Å². The van der Waals surface area contributed by atoms with Crippen molar-refractivity contribution in [2.45, 2.75) is 118 Å². The van der Waals surface area contributed by atoms with E-state index in [1.54, 1.807) is 13.8 Å². The highest BCUT2D eigenvalue weighted by Crippen LogP contribution is 2.69. The highest BCUT2D eigenvalue weighted by atomic mass is 16.5. The van der Waals surface area contributed by atoms with Crippen molar-refractivity contribution >= 4 is 11.9 Å². The minimum Gasteiger partial charge on any atom is -0.494 e. The van der Waals surface area contributed by atoms with E-state index in [1.165, 1.54) is 49.9 Å². The number of allylic oxidation sites excluding steroid dienone is 1. The first-order chi connectivity index (χ1) is 17.0. The van der Waals surface area contributed by atoms with Crippen LogP contribution in [0.1, 0.15) is 106 Å². The molecule has 1 amide bonds. The Kier molecular flexibility index (Phi) is 7.00. The van der Waals surface area contributed by atoms with Crippen LogP contribution >= 0.6 is 0 Å². The molecule has 202 valence electrons. The van der Waals surface area contributed by atoms with Crippen LogP contribution in [-0.2, 0) is 19.1 Å². The summed E-state index contributed by atoms with van der Waals surface area (Å²) in [4.78, 5) is 22.8. The summed E-state index contributed by atoms with van der Waals surface area (Å²) in [5.41, 5.74) is 2.29. The summed E-state index contributed by atoms with van der Waals surface area (Å²) >= 11 is 0. The van der Waals surface area contributed by atoms with Gasteiger partial charge in [0.15, 0.2) is 0 Å². The molecule has 4 aliphatic carbocycles. The van der Waals surface area contributed by atoms with Gasteiger partial charge in [0.2, 0.25) is 5.91 Å². The van der Waals surface area contributed by atoms with Crippen molar-refractivity contribution < 1.29 is 19.1 Å². The first kappa shape index (κ1) is 26.1. The lowest BCUT2D eigenvalue weighted by Gasteiger charge is -2.61. The number of esters is 1. The number of carbonyl (C=O) groups excluding carboxylic acids is 2. The van der Waals surface area contributed by atoms with Gasteiger partial charge in [-0.15, -0.1) is 0 Å². The fraction of sp³-hybridized carbons (Fsp3) is 0.871. The number of hydrogen-bond acceptors (Lipinski definition) is 4. The van der Waals surface area contributed by atoms with Gasteiger partial charge in [-0.05, 0) is 111 Å². The monoisotopic (exact) mass is 499 g/mol. The van der Waals surface area contributed by atoms with E-state index in [4.69, 9.17) is 9.47 Å². The molecule has 0 bridgehead atoms. The van der Waals surface area contributed by atoms with Crippen LogP contribution < -0.4 is 5.32 Å². The van der Waals surface area contributed by atoms with Crippen LogP contribution in [0.25, 0.3) is 0 Å². The van der Waals surface area contributed by atoms with Crippen molar-refractivity contribution in [1.29, 1.82) is 0 Å². The van der Waals surface area contributed by atoms with Crippen molar-refractivity contribution in [2.75, 3.05) is 6.54 Å². The van der Waals surface area contributed by atoms with Gasteiger partial charge in [0, 0.05) is 32.7 Å². The lowest BCUT2D eigenvalue weighted by Crippen LogP contribution is -2.54. The number of fused-ring (bicyclic) bond motifs is 7. The summed E-state index contributed by atoms with van der Waals surface area (Å²) in [6.07, 6.45) is 12.4. The molecule has 10 atom stereocenters. The topological polar surface area (TPSA) is 64.6 Å². The Labute approximate surface area is 218 Å². The van der Waals surface area contributed by atoms with E-state index < -0.39 is 0 Å². The quantitative estimate of drug-likeness (QED) is 0.429. The molecule has 0 saturated heterocycles. The Hall–Kier alpha value is -1.52. The van der Waals surface area contributed by atoms with E-state index >= 15 is 0 Å². The van der Waals surface area contributed by atoms with Gasteiger partial charge in [0.1, 0.15) is 12.2 Å². The fourth-order valence-corrected chi connectivity index (χ4v) is 9.94. The van der Waals surface area contributed by atoms with E-state index in [-0.39, 0.29) is 18.0 Å². The highest BCUT2D eigenvalue weighted by molar-refractivity contribution is 5.72. The molecule has 0 unspecified atom stereocenters.